The van der Waals surface area contributed by atoms with Gasteiger partial charge in [0.15, 0.2) is 0 Å². The molecule has 0 aliphatic rings. The van der Waals surface area contributed by atoms with Gasteiger partial charge in [0.05, 0.1) is 40.5 Å². The minimum Gasteiger partial charge on any atom is -0.497 e. The largest absolute Gasteiger partial charge is 0.497 e. The maximum atomic E-state index is 7.05. The third-order valence-electron chi connectivity index (χ3n) is 11.6. The van der Waals surface area contributed by atoms with Gasteiger partial charge in [-0.3, -0.25) is 0 Å². The molecule has 0 amide bonds. The number of hydrogen-bond acceptors (Lipinski definition) is 8. The van der Waals surface area contributed by atoms with Crippen LogP contribution in [0.1, 0.15) is 62.0 Å². The van der Waals surface area contributed by atoms with Crippen molar-refractivity contribution in [2.75, 3.05) is 33.1 Å². The van der Waals surface area contributed by atoms with Crippen molar-refractivity contribution in [1.29, 1.82) is 0 Å². The topological polar surface area (TPSA) is 78.5 Å². The summed E-state index contributed by atoms with van der Waals surface area (Å²) < 4.78 is 37.9. The quantitative estimate of drug-likeness (QED) is 0.123. The molecule has 9 rings (SSSR count). The molecule has 0 unspecified atom stereocenters. The molecule has 8 aromatic carbocycles. The second-order valence-electron chi connectivity index (χ2n) is 16.5. The molecule has 9 aromatic rings. The molecule has 0 radical (unpaired) electrons. The van der Waals surface area contributed by atoms with Crippen molar-refractivity contribution in [2.45, 2.75) is 51.9 Å². The number of methoxy groups -OCH3 is 4. The summed E-state index contributed by atoms with van der Waals surface area (Å²) in [7, 11) is 5.12. The monoisotopic (exact) mass is 884 g/mol. The Hall–Kier alpha value is -6.70. The van der Waals surface area contributed by atoms with Crippen LogP contribution < -0.4 is 28.9 Å². The maximum absolute atomic E-state index is 7.05. The van der Waals surface area contributed by atoms with Crippen LogP contribution in [-0.4, -0.2) is 40.5 Å². The lowest BCUT2D eigenvalue weighted by atomic mass is 9.97. The molecule has 0 saturated heterocycles. The Morgan fingerprint density at radius 2 is 0.785 bits per heavy atom. The van der Waals surface area contributed by atoms with Crippen molar-refractivity contribution in [1.82, 2.24) is 5.32 Å². The lowest BCUT2D eigenvalue weighted by molar-refractivity contribution is 0.414. The number of hydrogen-bond donors (Lipinski definition) is 1. The summed E-state index contributed by atoms with van der Waals surface area (Å²) in [6, 6.07) is 58.8. The first kappa shape index (κ1) is 44.9. The summed E-state index contributed by atoms with van der Waals surface area (Å²) in [5.74, 6) is 3.37. The summed E-state index contributed by atoms with van der Waals surface area (Å²) in [6.45, 7) is 8.70. The molecule has 0 aliphatic heterocycles. The SMILES string of the molecule is COc1ccc(C(NC(C)C)c2ccc(OC)cc2)cc1.COc1ccc(C(c2ccc(OC)cc2)N(C(C)C)p2oc3ccc4ccccc4c3c3c(ccc4ccccc43)o2)cc1. The van der Waals surface area contributed by atoms with Crippen molar-refractivity contribution in [3.05, 3.63) is 192 Å². The molecule has 0 spiro atoms. The van der Waals surface area contributed by atoms with E-state index in [0.29, 0.717) is 6.04 Å². The molecule has 332 valence electrons. The molecule has 0 bridgehead atoms. The third-order valence-corrected chi connectivity index (χ3v) is 13.4. The first-order valence-electron chi connectivity index (χ1n) is 22.0. The van der Waals surface area contributed by atoms with Gasteiger partial charge in [-0.2, -0.15) is 4.67 Å². The number of rotatable bonds is 13. The van der Waals surface area contributed by atoms with Crippen molar-refractivity contribution >= 4 is 51.6 Å². The summed E-state index contributed by atoms with van der Waals surface area (Å²) >= 11 is 0. The Balaban J connectivity index is 0.000000230. The smallest absolute Gasteiger partial charge is 0.310 e. The lowest BCUT2D eigenvalue weighted by Gasteiger charge is -2.32. The van der Waals surface area contributed by atoms with E-state index in [0.717, 1.165) is 77.6 Å². The van der Waals surface area contributed by atoms with Crippen LogP contribution in [0.2, 0.25) is 0 Å². The van der Waals surface area contributed by atoms with Gasteiger partial charge < -0.3 is 32.7 Å². The highest BCUT2D eigenvalue weighted by molar-refractivity contribution is 7.39. The molecule has 9 heteroatoms. The number of ether oxygens (including phenoxy) is 4. The Labute approximate surface area is 382 Å². The highest BCUT2D eigenvalue weighted by atomic mass is 31.1. The van der Waals surface area contributed by atoms with E-state index in [2.05, 4.69) is 159 Å². The van der Waals surface area contributed by atoms with Gasteiger partial charge in [0.2, 0.25) is 0 Å². The van der Waals surface area contributed by atoms with Gasteiger partial charge in [-0.15, -0.1) is 0 Å². The van der Waals surface area contributed by atoms with E-state index >= 15 is 0 Å². The fraction of sp³-hybridized carbons (Fsp3) is 0.214. The minimum absolute atomic E-state index is 0.0706. The van der Waals surface area contributed by atoms with Gasteiger partial charge in [-0.05, 0) is 132 Å². The Kier molecular flexibility index (Phi) is 14.1. The molecule has 1 aromatic heterocycles. The first-order valence-corrected chi connectivity index (χ1v) is 23.1. The molecule has 8 nitrogen and oxygen atoms in total. The van der Waals surface area contributed by atoms with Gasteiger partial charge >= 0.3 is 8.16 Å². The summed E-state index contributed by atoms with van der Waals surface area (Å²) in [5.41, 5.74) is 6.30. The number of nitrogens with zero attached hydrogens (tertiary/aromatic N) is 1. The highest BCUT2D eigenvalue weighted by Crippen LogP contribution is 2.47. The van der Waals surface area contributed by atoms with Gasteiger partial charge in [-0.25, -0.2) is 0 Å². The fourth-order valence-corrected chi connectivity index (χ4v) is 10.1. The molecule has 1 N–H and O–H groups in total. The molecule has 0 saturated carbocycles. The van der Waals surface area contributed by atoms with Gasteiger partial charge in [0, 0.05) is 22.9 Å². The highest BCUT2D eigenvalue weighted by Gasteiger charge is 2.31. The molecule has 0 fully saturated rings. The zero-order valence-electron chi connectivity index (χ0n) is 38.3. The second kappa shape index (κ2) is 20.4. The van der Waals surface area contributed by atoms with Gasteiger partial charge in [0.1, 0.15) is 34.2 Å². The third kappa shape index (κ3) is 9.86. The van der Waals surface area contributed by atoms with Gasteiger partial charge in [-0.1, -0.05) is 109 Å². The van der Waals surface area contributed by atoms with Crippen LogP contribution >= 0.6 is 8.16 Å². The van der Waals surface area contributed by atoms with Crippen LogP contribution in [0.3, 0.4) is 0 Å². The minimum atomic E-state index is -1.62. The number of nitrogens with one attached hydrogen (secondary N) is 1. The number of benzene rings is 8. The Morgan fingerprint density at radius 3 is 1.12 bits per heavy atom. The molecular weight excluding hydrogens is 828 g/mol. The summed E-state index contributed by atoms with van der Waals surface area (Å²) in [5, 5.41) is 10.3. The van der Waals surface area contributed by atoms with E-state index in [4.69, 9.17) is 27.3 Å². The second-order valence-corrected chi connectivity index (χ2v) is 17.8. The van der Waals surface area contributed by atoms with E-state index in [9.17, 15) is 0 Å². The molecule has 0 atom stereocenters. The zero-order chi connectivity index (χ0) is 45.5. The van der Waals surface area contributed by atoms with Crippen LogP contribution in [-0.2, 0) is 0 Å². The first-order chi connectivity index (χ1) is 31.7. The Morgan fingerprint density at radius 1 is 0.431 bits per heavy atom. The normalized spacial score (nSPS) is 11.5. The average molecular weight is 885 g/mol. The van der Waals surface area contributed by atoms with E-state index in [-0.39, 0.29) is 18.1 Å². The average Bonchev–Trinajstić information content (AvgIpc) is 3.52. The maximum Gasteiger partial charge on any atom is 0.310 e. The lowest BCUT2D eigenvalue weighted by Crippen LogP contribution is -2.33. The van der Waals surface area contributed by atoms with E-state index in [1.54, 1.807) is 28.4 Å². The molecular formula is C56H57N2O6P. The van der Waals surface area contributed by atoms with E-state index < -0.39 is 8.16 Å². The standard InChI is InChI=1S/C38H34NO4P.C18H23NO2/c1-25(2)39(38(28-13-19-30(40-3)20-14-28)29-15-21-31(41-4)22-16-29)44-42-34-23-17-26-9-5-7-11-32(26)36(34)37-33-12-8-6-10-27(33)18-24-35(37)43-44;1-13(2)19-18(14-5-9-16(20-3)10-6-14)15-7-11-17(21-4)12-8-15/h5-25,38H,1-4H3;5-13,18-19H,1-4H3. The van der Waals surface area contributed by atoms with Crippen molar-refractivity contribution < 1.29 is 27.3 Å². The van der Waals surface area contributed by atoms with Crippen LogP contribution in [0.5, 0.6) is 23.0 Å². The summed E-state index contributed by atoms with van der Waals surface area (Å²) in [4.78, 5) is 0. The van der Waals surface area contributed by atoms with Crippen LogP contribution in [0.15, 0.2) is 178 Å². The van der Waals surface area contributed by atoms with Crippen molar-refractivity contribution in [3.8, 4) is 23.0 Å². The van der Waals surface area contributed by atoms with Gasteiger partial charge in [0.25, 0.3) is 0 Å². The van der Waals surface area contributed by atoms with Crippen LogP contribution in [0, 0.1) is 0 Å². The van der Waals surface area contributed by atoms with Crippen molar-refractivity contribution in [2.24, 2.45) is 0 Å². The van der Waals surface area contributed by atoms with Crippen LogP contribution in [0.25, 0.3) is 43.5 Å². The molecule has 65 heavy (non-hydrogen) atoms. The zero-order valence-corrected chi connectivity index (χ0v) is 39.2. The predicted molar refractivity (Wildman–Crippen MR) is 269 cm³/mol. The molecule has 0 aliphatic carbocycles. The van der Waals surface area contributed by atoms with E-state index in [1.807, 2.05) is 48.5 Å². The van der Waals surface area contributed by atoms with E-state index in [1.165, 1.54) is 11.1 Å². The Bertz CT molecular complexity index is 2830. The number of fused-ring (bicyclic) bond motifs is 7. The fourth-order valence-electron chi connectivity index (χ4n) is 8.41. The predicted octanol–water partition coefficient (Wildman–Crippen LogP) is 14.5. The van der Waals surface area contributed by atoms with Crippen molar-refractivity contribution in [3.63, 3.8) is 0 Å². The molecule has 1 heterocycles. The summed E-state index contributed by atoms with van der Waals surface area (Å²) in [6.07, 6.45) is 0. The van der Waals surface area contributed by atoms with Crippen LogP contribution in [0.4, 0.5) is 0 Å².